The largest absolute Gasteiger partial charge is 0.226 e. The van der Waals surface area contributed by atoms with Crippen LogP contribution in [0.1, 0.15) is 10.0 Å². The van der Waals surface area contributed by atoms with Crippen LogP contribution >= 0.6 is 22.7 Å². The number of aromatic nitrogens is 2. The highest BCUT2D eigenvalue weighted by Gasteiger charge is 2.06. The molecule has 0 atom stereocenters. The molecule has 2 rings (SSSR count). The molecular formula is C10H4N2S2. The monoisotopic (exact) mass is 216 g/mol. The van der Waals surface area contributed by atoms with Gasteiger partial charge in [-0.15, -0.1) is 35.5 Å². The summed E-state index contributed by atoms with van der Waals surface area (Å²) in [6.45, 7) is 0. The predicted octanol–water partition coefficient (Wildman–Crippen LogP) is 2.23. The lowest BCUT2D eigenvalue weighted by Gasteiger charge is -1.84. The van der Waals surface area contributed by atoms with Crippen LogP contribution in [0.15, 0.2) is 10.8 Å². The Morgan fingerprint density at radius 1 is 0.929 bits per heavy atom. The fourth-order valence-corrected chi connectivity index (χ4v) is 2.15. The molecule has 0 unspecified atom stereocenters. The number of terminal acetylenes is 2. The highest BCUT2D eigenvalue weighted by molar-refractivity contribution is 7.11. The maximum Gasteiger partial charge on any atom is 0.167 e. The van der Waals surface area contributed by atoms with Crippen molar-refractivity contribution >= 4 is 22.7 Å². The van der Waals surface area contributed by atoms with Crippen LogP contribution in [0.3, 0.4) is 0 Å². The van der Waals surface area contributed by atoms with E-state index in [-0.39, 0.29) is 0 Å². The second-order valence-corrected chi connectivity index (χ2v) is 4.08. The van der Waals surface area contributed by atoms with Gasteiger partial charge in [0.1, 0.15) is 11.4 Å². The molecule has 0 bridgehead atoms. The molecule has 0 fully saturated rings. The van der Waals surface area contributed by atoms with Crippen LogP contribution in [0.5, 0.6) is 0 Å². The first kappa shape index (κ1) is 8.96. The molecule has 2 aromatic heterocycles. The van der Waals surface area contributed by atoms with Gasteiger partial charge in [0.05, 0.1) is 0 Å². The zero-order valence-corrected chi connectivity index (χ0v) is 8.65. The van der Waals surface area contributed by atoms with Crippen LogP contribution < -0.4 is 0 Å². The van der Waals surface area contributed by atoms with Crippen LogP contribution in [0.25, 0.3) is 11.4 Å². The molecule has 2 heterocycles. The van der Waals surface area contributed by atoms with Crippen molar-refractivity contribution in [2.45, 2.75) is 0 Å². The van der Waals surface area contributed by atoms with Crippen molar-refractivity contribution in [1.29, 1.82) is 0 Å². The molecule has 0 aromatic carbocycles. The van der Waals surface area contributed by atoms with E-state index < -0.39 is 0 Å². The summed E-state index contributed by atoms with van der Waals surface area (Å²) in [5.74, 6) is 4.96. The van der Waals surface area contributed by atoms with Crippen LogP contribution in [0, 0.1) is 24.7 Å². The molecule has 14 heavy (non-hydrogen) atoms. The number of rotatable bonds is 1. The Balaban J connectivity index is 2.41. The highest BCUT2D eigenvalue weighted by Crippen LogP contribution is 2.22. The summed E-state index contributed by atoms with van der Waals surface area (Å²) in [5.41, 5.74) is 1.58. The van der Waals surface area contributed by atoms with Gasteiger partial charge >= 0.3 is 0 Å². The molecular weight excluding hydrogens is 212 g/mol. The summed E-state index contributed by atoms with van der Waals surface area (Å²) in [4.78, 5) is 8.41. The Morgan fingerprint density at radius 2 is 1.36 bits per heavy atom. The fourth-order valence-electron chi connectivity index (χ4n) is 0.915. The quantitative estimate of drug-likeness (QED) is 0.683. The van der Waals surface area contributed by atoms with E-state index in [1.54, 1.807) is 0 Å². The maximum atomic E-state index is 5.22. The second kappa shape index (κ2) is 3.63. The zero-order valence-electron chi connectivity index (χ0n) is 7.02. The van der Waals surface area contributed by atoms with Gasteiger partial charge in [-0.05, 0) is 11.8 Å². The standard InChI is InChI=1S/C10H4N2S2/c1-3-9-11-7(5-13-9)8-6-14-10(4-2)12-8/h1-2,5-6H. The third kappa shape index (κ3) is 1.54. The van der Waals surface area contributed by atoms with Gasteiger partial charge in [0, 0.05) is 10.8 Å². The SMILES string of the molecule is C#Cc1nc(-c2csc(C#C)n2)cs1. The van der Waals surface area contributed by atoms with Gasteiger partial charge in [-0.1, -0.05) is 0 Å². The molecule has 0 aliphatic rings. The lowest BCUT2D eigenvalue weighted by molar-refractivity contribution is 1.30. The van der Waals surface area contributed by atoms with Crippen molar-refractivity contribution in [3.63, 3.8) is 0 Å². The predicted molar refractivity (Wildman–Crippen MR) is 59.1 cm³/mol. The lowest BCUT2D eigenvalue weighted by Crippen LogP contribution is -1.78. The van der Waals surface area contributed by atoms with Crippen molar-refractivity contribution in [3.05, 3.63) is 20.8 Å². The summed E-state index contributed by atoms with van der Waals surface area (Å²) in [7, 11) is 0. The molecule has 4 heteroatoms. The number of thiazole rings is 2. The van der Waals surface area contributed by atoms with Crippen LogP contribution in [0.4, 0.5) is 0 Å². The van der Waals surface area contributed by atoms with E-state index in [1.807, 2.05) is 10.8 Å². The lowest BCUT2D eigenvalue weighted by atomic mass is 10.4. The molecule has 0 N–H and O–H groups in total. The Kier molecular flexibility index (Phi) is 2.32. The van der Waals surface area contributed by atoms with Gasteiger partial charge in [-0.2, -0.15) is 0 Å². The van der Waals surface area contributed by atoms with Gasteiger partial charge in [-0.3, -0.25) is 0 Å². The summed E-state index contributed by atoms with van der Waals surface area (Å²) in [6.07, 6.45) is 10.4. The summed E-state index contributed by atoms with van der Waals surface area (Å²) >= 11 is 2.85. The zero-order chi connectivity index (χ0) is 9.97. The van der Waals surface area contributed by atoms with Crippen molar-refractivity contribution < 1.29 is 0 Å². The van der Waals surface area contributed by atoms with Crippen molar-refractivity contribution in [3.8, 4) is 36.1 Å². The smallest absolute Gasteiger partial charge is 0.167 e. The van der Waals surface area contributed by atoms with E-state index in [0.29, 0.717) is 10.0 Å². The average molecular weight is 216 g/mol. The van der Waals surface area contributed by atoms with E-state index in [0.717, 1.165) is 11.4 Å². The van der Waals surface area contributed by atoms with Gasteiger partial charge in [0.25, 0.3) is 0 Å². The van der Waals surface area contributed by atoms with E-state index in [2.05, 4.69) is 21.8 Å². The molecule has 0 amide bonds. The Morgan fingerprint density at radius 3 is 1.64 bits per heavy atom. The summed E-state index contributed by atoms with van der Waals surface area (Å²) < 4.78 is 0. The van der Waals surface area contributed by atoms with E-state index in [1.165, 1.54) is 22.7 Å². The van der Waals surface area contributed by atoms with E-state index >= 15 is 0 Å². The first-order chi connectivity index (χ1) is 6.83. The van der Waals surface area contributed by atoms with Crippen LogP contribution in [-0.2, 0) is 0 Å². The molecule has 0 saturated carbocycles. The Bertz CT molecular complexity index is 487. The van der Waals surface area contributed by atoms with Gasteiger partial charge in [0.2, 0.25) is 0 Å². The molecule has 0 radical (unpaired) electrons. The van der Waals surface area contributed by atoms with Gasteiger partial charge in [0.15, 0.2) is 10.0 Å². The average Bonchev–Trinajstić information content (AvgIpc) is 2.86. The number of hydrogen-bond donors (Lipinski definition) is 0. The molecule has 0 aliphatic carbocycles. The molecule has 2 nitrogen and oxygen atoms in total. The third-order valence-electron chi connectivity index (χ3n) is 1.52. The van der Waals surface area contributed by atoms with E-state index in [4.69, 9.17) is 12.8 Å². The number of hydrogen-bond acceptors (Lipinski definition) is 4. The minimum atomic E-state index is 0.662. The normalized spacial score (nSPS) is 9.29. The molecule has 66 valence electrons. The molecule has 0 spiro atoms. The Hall–Kier alpha value is -1.62. The molecule has 0 saturated heterocycles. The topological polar surface area (TPSA) is 25.8 Å². The first-order valence-corrected chi connectivity index (χ1v) is 5.44. The van der Waals surface area contributed by atoms with Crippen molar-refractivity contribution in [2.24, 2.45) is 0 Å². The van der Waals surface area contributed by atoms with Crippen LogP contribution in [-0.4, -0.2) is 9.97 Å². The van der Waals surface area contributed by atoms with Crippen molar-refractivity contribution in [2.75, 3.05) is 0 Å². The van der Waals surface area contributed by atoms with Gasteiger partial charge < -0.3 is 0 Å². The summed E-state index contributed by atoms with van der Waals surface area (Å²) in [5, 5.41) is 5.08. The fraction of sp³-hybridized carbons (Fsp3) is 0. The first-order valence-electron chi connectivity index (χ1n) is 3.68. The minimum absolute atomic E-state index is 0.662. The maximum absolute atomic E-state index is 5.22. The van der Waals surface area contributed by atoms with E-state index in [9.17, 15) is 0 Å². The second-order valence-electron chi connectivity index (χ2n) is 2.36. The molecule has 2 aromatic rings. The van der Waals surface area contributed by atoms with Gasteiger partial charge in [-0.25, -0.2) is 9.97 Å². The molecule has 0 aliphatic heterocycles. The highest BCUT2D eigenvalue weighted by atomic mass is 32.1. The number of nitrogens with zero attached hydrogens (tertiary/aromatic N) is 2. The van der Waals surface area contributed by atoms with Crippen LogP contribution in [0.2, 0.25) is 0 Å². The minimum Gasteiger partial charge on any atom is -0.226 e. The third-order valence-corrected chi connectivity index (χ3v) is 3.06. The Labute approximate surface area is 89.7 Å². The van der Waals surface area contributed by atoms with Crippen molar-refractivity contribution in [1.82, 2.24) is 9.97 Å². The summed E-state index contributed by atoms with van der Waals surface area (Å²) in [6, 6.07) is 0.